The van der Waals surface area contributed by atoms with E-state index in [0.717, 1.165) is 6.07 Å². The van der Waals surface area contributed by atoms with Crippen LogP contribution in [0.5, 0.6) is 0 Å². The van der Waals surface area contributed by atoms with Gasteiger partial charge in [0.15, 0.2) is 0 Å². The molecule has 7 nitrogen and oxygen atoms in total. The van der Waals surface area contributed by atoms with Crippen molar-refractivity contribution < 1.29 is 22.3 Å². The third kappa shape index (κ3) is 6.66. The largest absolute Gasteiger partial charge is 0.385 e. The number of carbonyl (C=O) groups is 1. The monoisotopic (exact) mass is 443 g/mol. The van der Waals surface area contributed by atoms with E-state index in [1.54, 1.807) is 14.0 Å². The molecule has 1 aromatic carbocycles. The van der Waals surface area contributed by atoms with Crippen LogP contribution in [-0.2, 0) is 14.8 Å². The second kappa shape index (κ2) is 10.5. The third-order valence-corrected chi connectivity index (χ3v) is 6.45. The maximum Gasteiger partial charge on any atom is 0.255 e. The normalized spacial score (nSPS) is 12.4. The fourth-order valence-electron chi connectivity index (χ4n) is 2.67. The van der Waals surface area contributed by atoms with Crippen molar-refractivity contribution in [2.75, 3.05) is 23.8 Å². The highest BCUT2D eigenvalue weighted by Gasteiger charge is 2.24. The lowest BCUT2D eigenvalue weighted by Crippen LogP contribution is -2.28. The second-order valence-electron chi connectivity index (χ2n) is 6.33. The average molecular weight is 444 g/mol. The van der Waals surface area contributed by atoms with E-state index in [9.17, 15) is 17.6 Å². The first-order valence-corrected chi connectivity index (χ1v) is 10.9. The average Bonchev–Trinajstić information content (AvgIpc) is 2.68. The zero-order valence-corrected chi connectivity index (χ0v) is 17.7. The van der Waals surface area contributed by atoms with E-state index in [-0.39, 0.29) is 16.4 Å². The van der Waals surface area contributed by atoms with E-state index in [4.69, 9.17) is 16.3 Å². The molecule has 0 fully saturated rings. The number of amides is 1. The van der Waals surface area contributed by atoms with Crippen molar-refractivity contribution >= 4 is 39.0 Å². The minimum atomic E-state index is -3.68. The SMILES string of the molecule is CCC(CCCOC)S(=O)(=O)Nc1cc(C(=O)Nc2ccc(F)c(Cl)c2)ccn1. The molecule has 0 aliphatic carbocycles. The van der Waals surface area contributed by atoms with E-state index >= 15 is 0 Å². The number of ether oxygens (including phenoxy) is 1. The first kappa shape index (κ1) is 23.1. The van der Waals surface area contributed by atoms with Crippen LogP contribution in [0.4, 0.5) is 15.9 Å². The van der Waals surface area contributed by atoms with Crippen molar-refractivity contribution in [1.82, 2.24) is 4.98 Å². The van der Waals surface area contributed by atoms with Crippen molar-refractivity contribution in [1.29, 1.82) is 0 Å². The third-order valence-electron chi connectivity index (χ3n) is 4.22. The molecule has 0 aliphatic heterocycles. The number of sulfonamides is 1. The van der Waals surface area contributed by atoms with Crippen LogP contribution in [0.1, 0.15) is 36.5 Å². The van der Waals surface area contributed by atoms with Crippen molar-refractivity contribution in [3.63, 3.8) is 0 Å². The van der Waals surface area contributed by atoms with Crippen molar-refractivity contribution in [2.45, 2.75) is 31.4 Å². The Balaban J connectivity index is 2.11. The lowest BCUT2D eigenvalue weighted by molar-refractivity contribution is 0.102. The predicted molar refractivity (Wildman–Crippen MR) is 111 cm³/mol. The summed E-state index contributed by atoms with van der Waals surface area (Å²) >= 11 is 5.71. The van der Waals surface area contributed by atoms with Gasteiger partial charge in [-0.05, 0) is 49.6 Å². The van der Waals surface area contributed by atoms with Gasteiger partial charge in [-0.1, -0.05) is 18.5 Å². The van der Waals surface area contributed by atoms with Crippen molar-refractivity contribution in [3.05, 3.63) is 52.9 Å². The van der Waals surface area contributed by atoms with E-state index in [2.05, 4.69) is 15.0 Å². The molecule has 2 aromatic rings. The molecule has 10 heteroatoms. The summed E-state index contributed by atoms with van der Waals surface area (Å²) in [5.41, 5.74) is 0.495. The van der Waals surface area contributed by atoms with Crippen LogP contribution in [0, 0.1) is 5.82 Å². The zero-order valence-electron chi connectivity index (χ0n) is 16.1. The molecule has 0 bridgehead atoms. The van der Waals surface area contributed by atoms with E-state index < -0.39 is 27.0 Å². The number of anilines is 2. The Labute approximate surface area is 174 Å². The number of halogens is 2. The minimum absolute atomic E-state index is 0.0416. The van der Waals surface area contributed by atoms with E-state index in [0.29, 0.717) is 31.6 Å². The molecule has 1 atom stereocenters. The summed E-state index contributed by atoms with van der Waals surface area (Å²) in [4.78, 5) is 16.4. The highest BCUT2D eigenvalue weighted by Crippen LogP contribution is 2.21. The minimum Gasteiger partial charge on any atom is -0.385 e. The highest BCUT2D eigenvalue weighted by atomic mass is 35.5. The molecular weight excluding hydrogens is 421 g/mol. The van der Waals surface area contributed by atoms with Gasteiger partial charge in [0.05, 0.1) is 10.3 Å². The Morgan fingerprint density at radius 2 is 2.07 bits per heavy atom. The molecule has 158 valence electrons. The van der Waals surface area contributed by atoms with Gasteiger partial charge in [-0.15, -0.1) is 0 Å². The quantitative estimate of drug-likeness (QED) is 0.539. The summed E-state index contributed by atoms with van der Waals surface area (Å²) in [6, 6.07) is 6.56. The smallest absolute Gasteiger partial charge is 0.255 e. The molecule has 0 aliphatic rings. The summed E-state index contributed by atoms with van der Waals surface area (Å²) in [6.07, 6.45) is 2.83. The summed E-state index contributed by atoms with van der Waals surface area (Å²) in [6.45, 7) is 2.27. The fourth-order valence-corrected chi connectivity index (χ4v) is 4.33. The molecule has 0 radical (unpaired) electrons. The number of benzene rings is 1. The Morgan fingerprint density at radius 1 is 1.31 bits per heavy atom. The van der Waals surface area contributed by atoms with Crippen LogP contribution in [-0.4, -0.2) is 38.3 Å². The molecule has 1 unspecified atom stereocenters. The molecule has 0 saturated carbocycles. The zero-order chi connectivity index (χ0) is 21.4. The summed E-state index contributed by atoms with van der Waals surface area (Å²) < 4.78 is 45.9. The summed E-state index contributed by atoms with van der Waals surface area (Å²) in [5, 5.41) is 1.86. The standard InChI is InChI=1S/C19H23ClFN3O4S/c1-3-15(5-4-10-28-2)29(26,27)24-18-11-13(8-9-22-18)19(25)23-14-6-7-17(21)16(20)12-14/h6-9,11-12,15H,3-5,10H2,1-2H3,(H,22,24)(H,23,25). The number of nitrogens with zero attached hydrogens (tertiary/aromatic N) is 1. The molecular formula is C19H23ClFN3O4S. The Bertz CT molecular complexity index is 956. The number of hydrogen-bond donors (Lipinski definition) is 2. The number of pyridine rings is 1. The first-order valence-electron chi connectivity index (χ1n) is 8.99. The Morgan fingerprint density at radius 3 is 2.72 bits per heavy atom. The lowest BCUT2D eigenvalue weighted by Gasteiger charge is -2.17. The van der Waals surface area contributed by atoms with E-state index in [1.807, 2.05) is 0 Å². The van der Waals surface area contributed by atoms with Gasteiger partial charge in [-0.3, -0.25) is 9.52 Å². The molecule has 1 amide bonds. The van der Waals surface area contributed by atoms with Gasteiger partial charge in [-0.25, -0.2) is 17.8 Å². The lowest BCUT2D eigenvalue weighted by atomic mass is 10.2. The van der Waals surface area contributed by atoms with Gasteiger partial charge in [0.1, 0.15) is 11.6 Å². The number of nitrogens with one attached hydrogen (secondary N) is 2. The number of aromatic nitrogens is 1. The van der Waals surface area contributed by atoms with E-state index in [1.165, 1.54) is 30.5 Å². The summed E-state index contributed by atoms with van der Waals surface area (Å²) in [5.74, 6) is -1.07. The Kier molecular flexibility index (Phi) is 8.36. The summed E-state index contributed by atoms with van der Waals surface area (Å²) in [7, 11) is -2.11. The van der Waals surface area contributed by atoms with Crippen LogP contribution in [0.15, 0.2) is 36.5 Å². The van der Waals surface area contributed by atoms with Gasteiger partial charge >= 0.3 is 0 Å². The molecule has 2 N–H and O–H groups in total. The number of methoxy groups -OCH3 is 1. The Hall–Kier alpha value is -2.23. The van der Waals surface area contributed by atoms with Gasteiger partial charge in [0.25, 0.3) is 5.91 Å². The molecule has 29 heavy (non-hydrogen) atoms. The first-order chi connectivity index (χ1) is 13.8. The van der Waals surface area contributed by atoms with Crippen LogP contribution in [0.3, 0.4) is 0 Å². The van der Waals surface area contributed by atoms with Gasteiger partial charge in [-0.2, -0.15) is 0 Å². The van der Waals surface area contributed by atoms with Crippen LogP contribution >= 0.6 is 11.6 Å². The number of hydrogen-bond acceptors (Lipinski definition) is 5. The van der Waals surface area contributed by atoms with Crippen molar-refractivity contribution in [3.8, 4) is 0 Å². The maximum absolute atomic E-state index is 13.2. The van der Waals surface area contributed by atoms with Crippen molar-refractivity contribution in [2.24, 2.45) is 0 Å². The van der Waals surface area contributed by atoms with Crippen LogP contribution in [0.25, 0.3) is 0 Å². The molecule has 2 rings (SSSR count). The van der Waals surface area contributed by atoms with Gasteiger partial charge in [0.2, 0.25) is 10.0 Å². The number of rotatable bonds is 10. The second-order valence-corrected chi connectivity index (χ2v) is 8.69. The molecule has 0 spiro atoms. The topological polar surface area (TPSA) is 97.4 Å². The van der Waals surface area contributed by atoms with Gasteiger partial charge in [0, 0.05) is 31.2 Å². The molecule has 0 saturated heterocycles. The highest BCUT2D eigenvalue weighted by molar-refractivity contribution is 7.93. The van der Waals surface area contributed by atoms with Crippen LogP contribution < -0.4 is 10.0 Å². The van der Waals surface area contributed by atoms with Gasteiger partial charge < -0.3 is 10.1 Å². The number of carbonyl (C=O) groups excluding carboxylic acids is 1. The maximum atomic E-state index is 13.2. The predicted octanol–water partition coefficient (Wildman–Crippen LogP) is 4.07. The molecule has 1 heterocycles. The molecule has 1 aromatic heterocycles. The fraction of sp³-hybridized carbons (Fsp3) is 0.368. The van der Waals surface area contributed by atoms with Crippen LogP contribution in [0.2, 0.25) is 5.02 Å².